The minimum Gasteiger partial charge on any atom is -0.496 e. The number of amides is 2. The van der Waals surface area contributed by atoms with Gasteiger partial charge in [-0.25, -0.2) is 4.79 Å². The molecule has 6 nitrogen and oxygen atoms in total. The van der Waals surface area contributed by atoms with Crippen LogP contribution >= 0.6 is 0 Å². The molecule has 2 N–H and O–H groups in total. The second kappa shape index (κ2) is 12.5. The van der Waals surface area contributed by atoms with E-state index in [4.69, 9.17) is 4.74 Å². The molecular weight excluding hydrogens is 497 g/mol. The van der Waals surface area contributed by atoms with Gasteiger partial charge < -0.3 is 20.1 Å². The molecule has 202 valence electrons. The van der Waals surface area contributed by atoms with Crippen LogP contribution in [-0.4, -0.2) is 41.8 Å². The second-order valence-corrected chi connectivity index (χ2v) is 8.96. The number of carbonyl (C=O) groups is 2. The largest absolute Gasteiger partial charge is 0.496 e. The van der Waals surface area contributed by atoms with Crippen molar-refractivity contribution in [3.05, 3.63) is 89.0 Å². The summed E-state index contributed by atoms with van der Waals surface area (Å²) in [5, 5.41) is 12.3. The second-order valence-electron chi connectivity index (χ2n) is 8.96. The maximum atomic E-state index is 13.2. The highest BCUT2D eigenvalue weighted by atomic mass is 19.4. The van der Waals surface area contributed by atoms with Crippen LogP contribution in [0.15, 0.2) is 66.7 Å². The third-order valence-electron chi connectivity index (χ3n) is 6.28. The summed E-state index contributed by atoms with van der Waals surface area (Å²) >= 11 is 0. The number of halogens is 3. The minimum absolute atomic E-state index is 0.0417. The van der Waals surface area contributed by atoms with Crippen LogP contribution in [0.2, 0.25) is 0 Å². The molecule has 0 aliphatic rings. The first-order chi connectivity index (χ1) is 18.0. The number of carboxylic acids is 1. The first-order valence-electron chi connectivity index (χ1n) is 12.2. The molecular formula is C29H31F3N2O4. The Morgan fingerprint density at radius 1 is 1.00 bits per heavy atom. The van der Waals surface area contributed by atoms with E-state index in [0.717, 1.165) is 5.56 Å². The fourth-order valence-corrected chi connectivity index (χ4v) is 4.15. The predicted molar refractivity (Wildman–Crippen MR) is 139 cm³/mol. The molecule has 3 aromatic rings. The first-order valence-corrected chi connectivity index (χ1v) is 12.2. The van der Waals surface area contributed by atoms with Crippen LogP contribution in [0.25, 0.3) is 11.1 Å². The van der Waals surface area contributed by atoms with Gasteiger partial charge in [0.05, 0.1) is 19.4 Å². The van der Waals surface area contributed by atoms with Gasteiger partial charge in [-0.3, -0.25) is 4.79 Å². The highest BCUT2D eigenvalue weighted by molar-refractivity contribution is 5.80. The van der Waals surface area contributed by atoms with Crippen molar-refractivity contribution in [2.24, 2.45) is 0 Å². The van der Waals surface area contributed by atoms with E-state index in [2.05, 4.69) is 5.32 Å². The summed E-state index contributed by atoms with van der Waals surface area (Å²) in [6.45, 7) is 4.01. The number of nitrogens with one attached hydrogen (secondary N) is 1. The number of carbonyl (C=O) groups excluding carboxylic acids is 1. The Bertz CT molecular complexity index is 1260. The molecule has 38 heavy (non-hydrogen) atoms. The number of aliphatic carboxylic acids is 1. The Morgan fingerprint density at radius 2 is 1.71 bits per heavy atom. The van der Waals surface area contributed by atoms with Gasteiger partial charge in [0.25, 0.3) is 0 Å². The SMILES string of the molecule is CCN(Cc1cc(CC(F)(F)F)ccc1-c1cc(C(C)C(=O)O)ccc1OC)C(=O)NCc1ccccc1. The summed E-state index contributed by atoms with van der Waals surface area (Å²) < 4.78 is 45.1. The van der Waals surface area contributed by atoms with Gasteiger partial charge in [0.2, 0.25) is 0 Å². The van der Waals surface area contributed by atoms with Crippen molar-refractivity contribution in [2.45, 2.75) is 45.5 Å². The molecule has 0 aliphatic carbocycles. The number of alkyl halides is 3. The van der Waals surface area contributed by atoms with Crippen LogP contribution in [0.3, 0.4) is 0 Å². The fourth-order valence-electron chi connectivity index (χ4n) is 4.15. The third kappa shape index (κ3) is 7.50. The summed E-state index contributed by atoms with van der Waals surface area (Å²) in [4.78, 5) is 26.1. The first kappa shape index (κ1) is 28.6. The van der Waals surface area contributed by atoms with Gasteiger partial charge in [0, 0.05) is 25.2 Å². The highest BCUT2D eigenvalue weighted by Gasteiger charge is 2.28. The average molecular weight is 529 g/mol. The Balaban J connectivity index is 2.01. The Morgan fingerprint density at radius 3 is 2.32 bits per heavy atom. The number of methoxy groups -OCH3 is 1. The molecule has 0 aliphatic heterocycles. The zero-order valence-electron chi connectivity index (χ0n) is 21.5. The number of ether oxygens (including phenoxy) is 1. The number of hydrogen-bond acceptors (Lipinski definition) is 3. The zero-order valence-corrected chi connectivity index (χ0v) is 21.5. The minimum atomic E-state index is -4.40. The van der Waals surface area contributed by atoms with Crippen LogP contribution in [-0.2, 0) is 24.3 Å². The van der Waals surface area contributed by atoms with E-state index in [1.807, 2.05) is 30.3 Å². The molecule has 0 radical (unpaired) electrons. The number of nitrogens with zero attached hydrogens (tertiary/aromatic N) is 1. The lowest BCUT2D eigenvalue weighted by Crippen LogP contribution is -2.39. The van der Waals surface area contributed by atoms with E-state index in [0.29, 0.717) is 41.1 Å². The molecule has 9 heteroatoms. The Hall–Kier alpha value is -4.01. The maximum Gasteiger partial charge on any atom is 0.393 e. The quantitative estimate of drug-likeness (QED) is 0.320. The van der Waals surface area contributed by atoms with Gasteiger partial charge in [-0.2, -0.15) is 13.2 Å². The van der Waals surface area contributed by atoms with E-state index < -0.39 is 24.5 Å². The van der Waals surface area contributed by atoms with E-state index in [1.165, 1.54) is 24.1 Å². The number of hydrogen-bond donors (Lipinski definition) is 2. The molecule has 0 bridgehead atoms. The Kier molecular flexibility index (Phi) is 9.39. The highest BCUT2D eigenvalue weighted by Crippen LogP contribution is 2.37. The van der Waals surface area contributed by atoms with Gasteiger partial charge in [-0.05, 0) is 53.8 Å². The summed E-state index contributed by atoms with van der Waals surface area (Å²) in [7, 11) is 1.46. The van der Waals surface area contributed by atoms with Crippen molar-refractivity contribution in [1.82, 2.24) is 10.2 Å². The van der Waals surface area contributed by atoms with E-state index >= 15 is 0 Å². The van der Waals surface area contributed by atoms with E-state index in [-0.39, 0.29) is 18.1 Å². The molecule has 0 spiro atoms. The number of urea groups is 1. The van der Waals surface area contributed by atoms with Crippen molar-refractivity contribution < 1.29 is 32.6 Å². The van der Waals surface area contributed by atoms with E-state index in [9.17, 15) is 27.9 Å². The molecule has 1 atom stereocenters. The van der Waals surface area contributed by atoms with Crippen molar-refractivity contribution in [1.29, 1.82) is 0 Å². The van der Waals surface area contributed by atoms with Gasteiger partial charge in [0.15, 0.2) is 0 Å². The van der Waals surface area contributed by atoms with Gasteiger partial charge in [0.1, 0.15) is 5.75 Å². The average Bonchev–Trinajstić information content (AvgIpc) is 2.89. The molecule has 2 amide bonds. The lowest BCUT2D eigenvalue weighted by Gasteiger charge is -2.24. The van der Waals surface area contributed by atoms with Crippen molar-refractivity contribution in [3.8, 4) is 16.9 Å². The summed E-state index contributed by atoms with van der Waals surface area (Å²) in [5.41, 5.74) is 3.08. The van der Waals surface area contributed by atoms with Crippen molar-refractivity contribution in [3.63, 3.8) is 0 Å². The lowest BCUT2D eigenvalue weighted by molar-refractivity contribution is -0.138. The topological polar surface area (TPSA) is 78.9 Å². The Labute approximate surface area is 220 Å². The molecule has 0 aromatic heterocycles. The molecule has 3 rings (SSSR count). The normalized spacial score (nSPS) is 12.1. The van der Waals surface area contributed by atoms with Crippen LogP contribution < -0.4 is 10.1 Å². The molecule has 0 heterocycles. The monoisotopic (exact) mass is 528 g/mol. The lowest BCUT2D eigenvalue weighted by atomic mass is 9.91. The van der Waals surface area contributed by atoms with Crippen molar-refractivity contribution in [2.75, 3.05) is 13.7 Å². The molecule has 0 saturated carbocycles. The number of carboxylic acid groups (broad SMARTS) is 1. The van der Waals surface area contributed by atoms with Gasteiger partial charge in [-0.15, -0.1) is 0 Å². The number of rotatable bonds is 10. The molecule has 0 saturated heterocycles. The van der Waals surface area contributed by atoms with Gasteiger partial charge >= 0.3 is 18.2 Å². The number of benzene rings is 3. The summed E-state index contributed by atoms with van der Waals surface area (Å²) in [6, 6.07) is 18.4. The van der Waals surface area contributed by atoms with Crippen LogP contribution in [0, 0.1) is 0 Å². The zero-order chi connectivity index (χ0) is 27.9. The summed E-state index contributed by atoms with van der Waals surface area (Å²) in [6.07, 6.45) is -5.51. The summed E-state index contributed by atoms with van der Waals surface area (Å²) in [5.74, 6) is -1.37. The smallest absolute Gasteiger partial charge is 0.393 e. The third-order valence-corrected chi connectivity index (χ3v) is 6.28. The van der Waals surface area contributed by atoms with Crippen LogP contribution in [0.1, 0.15) is 42.0 Å². The standard InChI is InChI=1S/C29H31F3N2O4/c1-4-34(28(37)33-17-20-8-6-5-7-9-20)18-23-14-21(16-29(30,31)32)10-12-24(23)25-15-22(19(2)27(35)36)11-13-26(25)38-3/h5-15,19H,4,16-18H2,1-3H3,(H,33,37)(H,35,36). The molecule has 3 aromatic carbocycles. The predicted octanol–water partition coefficient (Wildman–Crippen LogP) is 6.39. The fraction of sp³-hybridized carbons (Fsp3) is 0.310. The van der Waals surface area contributed by atoms with Crippen molar-refractivity contribution >= 4 is 12.0 Å². The van der Waals surface area contributed by atoms with Crippen LogP contribution in [0.5, 0.6) is 5.75 Å². The molecule has 0 fully saturated rings. The van der Waals surface area contributed by atoms with Gasteiger partial charge in [-0.1, -0.05) is 54.6 Å². The van der Waals surface area contributed by atoms with Crippen LogP contribution in [0.4, 0.5) is 18.0 Å². The maximum absolute atomic E-state index is 13.2. The molecule has 1 unspecified atom stereocenters. The van der Waals surface area contributed by atoms with E-state index in [1.54, 1.807) is 38.1 Å².